The van der Waals surface area contributed by atoms with Gasteiger partial charge in [0.15, 0.2) is 0 Å². The molecule has 0 aromatic carbocycles. The molecule has 0 saturated heterocycles. The monoisotopic (exact) mass is 219 g/mol. The summed E-state index contributed by atoms with van der Waals surface area (Å²) in [6.45, 7) is -0.256. The molecule has 0 fully saturated rings. The molecular formula is C8H8F3N3O. The van der Waals surface area contributed by atoms with E-state index < -0.39 is 17.8 Å². The Bertz CT molecular complexity index is 364. The Morgan fingerprint density at radius 2 is 2.13 bits per heavy atom. The van der Waals surface area contributed by atoms with Crippen LogP contribution in [0, 0.1) is 0 Å². The van der Waals surface area contributed by atoms with Gasteiger partial charge in [-0.2, -0.15) is 13.2 Å². The van der Waals surface area contributed by atoms with E-state index in [4.69, 9.17) is 5.73 Å². The number of carbonyl (C=O) groups excluding carboxylic acids is 1. The molecule has 1 aromatic heterocycles. The Kier molecular flexibility index (Phi) is 3.13. The molecule has 1 heterocycles. The van der Waals surface area contributed by atoms with E-state index in [-0.39, 0.29) is 12.4 Å². The first kappa shape index (κ1) is 11.3. The van der Waals surface area contributed by atoms with Gasteiger partial charge >= 0.3 is 6.18 Å². The molecule has 0 atom stereocenters. The fourth-order valence-corrected chi connectivity index (χ4v) is 0.869. The molecule has 1 rings (SSSR count). The molecule has 0 spiro atoms. The first-order valence-corrected chi connectivity index (χ1v) is 3.96. The van der Waals surface area contributed by atoms with Crippen molar-refractivity contribution in [3.05, 3.63) is 23.9 Å². The number of nitrogens with two attached hydrogens (primary N) is 1. The number of pyridine rings is 1. The predicted molar refractivity (Wildman–Crippen MR) is 46.9 cm³/mol. The van der Waals surface area contributed by atoms with Gasteiger partial charge in [-0.25, -0.2) is 4.98 Å². The quantitative estimate of drug-likeness (QED) is 0.796. The molecule has 15 heavy (non-hydrogen) atoms. The van der Waals surface area contributed by atoms with Crippen LogP contribution in [0.25, 0.3) is 0 Å². The molecular weight excluding hydrogens is 211 g/mol. The molecule has 3 N–H and O–H groups in total. The van der Waals surface area contributed by atoms with Crippen LogP contribution in [0.3, 0.4) is 0 Å². The number of alkyl halides is 3. The predicted octanol–water partition coefficient (Wildman–Crippen LogP) is 0.998. The van der Waals surface area contributed by atoms with Gasteiger partial charge in [0.1, 0.15) is 11.5 Å². The number of hydrogen-bond donors (Lipinski definition) is 2. The number of nitrogens with one attached hydrogen (secondary N) is 1. The Labute approximate surface area is 83.3 Å². The van der Waals surface area contributed by atoms with Crippen molar-refractivity contribution in [1.29, 1.82) is 0 Å². The summed E-state index contributed by atoms with van der Waals surface area (Å²) in [4.78, 5) is 13.6. The lowest BCUT2D eigenvalue weighted by Gasteiger charge is -2.08. The van der Waals surface area contributed by atoms with E-state index in [1.807, 2.05) is 0 Å². The number of carbonyl (C=O) groups is 1. The van der Waals surface area contributed by atoms with Gasteiger partial charge in [-0.1, -0.05) is 6.07 Å². The summed E-state index contributed by atoms with van der Waals surface area (Å²) in [5.74, 6) is -0.710. The maximum Gasteiger partial charge on any atom is 0.433 e. The summed E-state index contributed by atoms with van der Waals surface area (Å²) in [7, 11) is 0. The smallest absolute Gasteiger partial charge is 0.368 e. The van der Waals surface area contributed by atoms with Crippen molar-refractivity contribution in [2.24, 2.45) is 5.73 Å². The van der Waals surface area contributed by atoms with Gasteiger partial charge < -0.3 is 11.1 Å². The third kappa shape index (κ3) is 3.45. The zero-order valence-electron chi connectivity index (χ0n) is 7.51. The second-order valence-electron chi connectivity index (χ2n) is 2.73. The highest BCUT2D eigenvalue weighted by molar-refractivity contribution is 5.78. The van der Waals surface area contributed by atoms with E-state index in [0.29, 0.717) is 0 Å². The molecule has 1 amide bonds. The normalized spacial score (nSPS) is 11.1. The number of halogens is 3. The molecule has 0 saturated carbocycles. The standard InChI is InChI=1S/C8H8F3N3O/c9-8(10,11)5-2-1-3-7(14-5)13-4-6(12)15/h1-3H,4H2,(H2,12,15)(H,13,14). The van der Waals surface area contributed by atoms with E-state index in [1.165, 1.54) is 12.1 Å². The Hall–Kier alpha value is -1.79. The lowest BCUT2D eigenvalue weighted by atomic mass is 10.3. The summed E-state index contributed by atoms with van der Waals surface area (Å²) >= 11 is 0. The molecule has 7 heteroatoms. The Balaban J connectivity index is 2.79. The number of rotatable bonds is 3. The number of anilines is 1. The second kappa shape index (κ2) is 4.16. The average Bonchev–Trinajstić information content (AvgIpc) is 2.14. The third-order valence-corrected chi connectivity index (χ3v) is 1.48. The van der Waals surface area contributed by atoms with Gasteiger partial charge in [-0.15, -0.1) is 0 Å². The Morgan fingerprint density at radius 1 is 1.47 bits per heavy atom. The minimum atomic E-state index is -4.50. The van der Waals surface area contributed by atoms with Crippen LogP contribution < -0.4 is 11.1 Å². The number of aromatic nitrogens is 1. The molecule has 0 aliphatic rings. The first-order valence-electron chi connectivity index (χ1n) is 3.96. The first-order chi connectivity index (χ1) is 6.89. The lowest BCUT2D eigenvalue weighted by Crippen LogP contribution is -2.22. The van der Waals surface area contributed by atoms with Crippen molar-refractivity contribution in [3.8, 4) is 0 Å². The van der Waals surface area contributed by atoms with Crippen LogP contribution >= 0.6 is 0 Å². The van der Waals surface area contributed by atoms with Crippen LogP contribution in [0.1, 0.15) is 5.69 Å². The maximum atomic E-state index is 12.2. The lowest BCUT2D eigenvalue weighted by molar-refractivity contribution is -0.141. The highest BCUT2D eigenvalue weighted by Crippen LogP contribution is 2.27. The van der Waals surface area contributed by atoms with Crippen LogP contribution in [0.5, 0.6) is 0 Å². The van der Waals surface area contributed by atoms with Gasteiger partial charge in [-0.3, -0.25) is 4.79 Å². The highest BCUT2D eigenvalue weighted by atomic mass is 19.4. The maximum absolute atomic E-state index is 12.2. The third-order valence-electron chi connectivity index (χ3n) is 1.48. The van der Waals surface area contributed by atoms with Gasteiger partial charge in [0, 0.05) is 0 Å². The topological polar surface area (TPSA) is 68.0 Å². The SMILES string of the molecule is NC(=O)CNc1cccc(C(F)(F)F)n1. The summed E-state index contributed by atoms with van der Waals surface area (Å²) in [5, 5.41) is 2.37. The van der Waals surface area contributed by atoms with E-state index in [1.54, 1.807) is 0 Å². The fraction of sp³-hybridized carbons (Fsp3) is 0.250. The number of primary amides is 1. The van der Waals surface area contributed by atoms with Crippen LogP contribution in [0.2, 0.25) is 0 Å². The number of nitrogens with zero attached hydrogens (tertiary/aromatic N) is 1. The van der Waals surface area contributed by atoms with Crippen molar-refractivity contribution < 1.29 is 18.0 Å². The summed E-state index contributed by atoms with van der Waals surface area (Å²) < 4.78 is 36.6. The van der Waals surface area contributed by atoms with Crippen molar-refractivity contribution in [1.82, 2.24) is 4.98 Å². The van der Waals surface area contributed by atoms with Gasteiger partial charge in [0.25, 0.3) is 0 Å². The van der Waals surface area contributed by atoms with E-state index in [0.717, 1.165) is 6.07 Å². The van der Waals surface area contributed by atoms with Crippen LogP contribution in [0.15, 0.2) is 18.2 Å². The minimum Gasteiger partial charge on any atom is -0.368 e. The molecule has 1 aromatic rings. The number of hydrogen-bond acceptors (Lipinski definition) is 3. The Morgan fingerprint density at radius 3 is 2.67 bits per heavy atom. The largest absolute Gasteiger partial charge is 0.433 e. The average molecular weight is 219 g/mol. The van der Waals surface area contributed by atoms with Crippen LogP contribution in [0.4, 0.5) is 19.0 Å². The van der Waals surface area contributed by atoms with Gasteiger partial charge in [-0.05, 0) is 12.1 Å². The van der Waals surface area contributed by atoms with Crippen molar-refractivity contribution in [3.63, 3.8) is 0 Å². The van der Waals surface area contributed by atoms with E-state index in [2.05, 4.69) is 10.3 Å². The number of amides is 1. The van der Waals surface area contributed by atoms with Crippen molar-refractivity contribution in [2.45, 2.75) is 6.18 Å². The van der Waals surface area contributed by atoms with Crippen molar-refractivity contribution in [2.75, 3.05) is 11.9 Å². The zero-order chi connectivity index (χ0) is 11.5. The molecule has 4 nitrogen and oxygen atoms in total. The summed E-state index contributed by atoms with van der Waals surface area (Å²) in [5.41, 5.74) is 3.80. The van der Waals surface area contributed by atoms with Crippen molar-refractivity contribution >= 4 is 11.7 Å². The molecule has 0 aliphatic heterocycles. The molecule has 82 valence electrons. The molecule has 0 bridgehead atoms. The van der Waals surface area contributed by atoms with Crippen LogP contribution in [-0.2, 0) is 11.0 Å². The van der Waals surface area contributed by atoms with E-state index in [9.17, 15) is 18.0 Å². The van der Waals surface area contributed by atoms with Crippen LogP contribution in [-0.4, -0.2) is 17.4 Å². The fourth-order valence-electron chi connectivity index (χ4n) is 0.869. The molecule has 0 unspecified atom stereocenters. The highest BCUT2D eigenvalue weighted by Gasteiger charge is 2.32. The minimum absolute atomic E-state index is 0.0383. The van der Waals surface area contributed by atoms with Gasteiger partial charge in [0.05, 0.1) is 6.54 Å². The molecule has 0 aliphatic carbocycles. The summed E-state index contributed by atoms with van der Waals surface area (Å²) in [6.07, 6.45) is -4.50. The second-order valence-corrected chi connectivity index (χ2v) is 2.73. The molecule has 0 radical (unpaired) electrons. The summed E-state index contributed by atoms with van der Waals surface area (Å²) in [6, 6.07) is 3.35. The van der Waals surface area contributed by atoms with Gasteiger partial charge in [0.2, 0.25) is 5.91 Å². The zero-order valence-corrected chi connectivity index (χ0v) is 7.51. The van der Waals surface area contributed by atoms with E-state index >= 15 is 0 Å².